The highest BCUT2D eigenvalue weighted by Crippen LogP contribution is 2.21. The van der Waals surface area contributed by atoms with E-state index in [-0.39, 0.29) is 6.03 Å². The van der Waals surface area contributed by atoms with E-state index in [1.807, 2.05) is 29.2 Å². The third-order valence-electron chi connectivity index (χ3n) is 5.25. The van der Waals surface area contributed by atoms with Gasteiger partial charge in [-0.05, 0) is 62.9 Å². The molecule has 0 spiro atoms. The number of nitrogens with zero attached hydrogens (tertiary/aromatic N) is 2. The summed E-state index contributed by atoms with van der Waals surface area (Å²) in [5.41, 5.74) is 1.10. The van der Waals surface area contributed by atoms with Crippen LogP contribution < -0.4 is 10.1 Å². The maximum absolute atomic E-state index is 12.4. The van der Waals surface area contributed by atoms with Crippen LogP contribution in [0.5, 0.6) is 5.75 Å². The number of carbonyl (C=O) groups excluding carboxylic acids is 1. The monoisotopic (exact) mass is 345 g/mol. The van der Waals surface area contributed by atoms with Crippen molar-refractivity contribution in [1.29, 1.82) is 0 Å². The van der Waals surface area contributed by atoms with Crippen molar-refractivity contribution in [2.45, 2.75) is 51.6 Å². The summed E-state index contributed by atoms with van der Waals surface area (Å²) in [6, 6.07) is 8.72. The van der Waals surface area contributed by atoms with Gasteiger partial charge in [-0.2, -0.15) is 0 Å². The Morgan fingerprint density at radius 3 is 2.44 bits per heavy atom. The van der Waals surface area contributed by atoms with Gasteiger partial charge in [0.2, 0.25) is 0 Å². The Labute approximate surface area is 151 Å². The molecule has 0 atom stereocenters. The van der Waals surface area contributed by atoms with Crippen molar-refractivity contribution in [2.75, 3.05) is 32.8 Å². The van der Waals surface area contributed by atoms with Crippen LogP contribution >= 0.6 is 0 Å². The highest BCUT2D eigenvalue weighted by atomic mass is 16.5. The number of hydrogen-bond donors (Lipinski definition) is 1. The van der Waals surface area contributed by atoms with E-state index >= 15 is 0 Å². The number of amides is 2. The Morgan fingerprint density at radius 1 is 1.12 bits per heavy atom. The molecule has 1 aromatic rings. The van der Waals surface area contributed by atoms with E-state index in [2.05, 4.69) is 17.1 Å². The number of piperidine rings is 1. The predicted molar refractivity (Wildman–Crippen MR) is 99.9 cm³/mol. The van der Waals surface area contributed by atoms with Crippen molar-refractivity contribution < 1.29 is 9.53 Å². The standard InChI is InChI=1S/C20H31N3O2/c1-2-15-25-19-7-5-17(6-8-19)16-21-20(24)23-13-9-18(10-14-23)22-11-3-4-12-22/h5-8,18H,2-4,9-16H2,1H3,(H,21,24). The SMILES string of the molecule is CCCOc1ccc(CNC(=O)N2CCC(N3CCCC3)CC2)cc1. The minimum Gasteiger partial charge on any atom is -0.494 e. The van der Waals surface area contributed by atoms with Gasteiger partial charge in [-0.3, -0.25) is 0 Å². The van der Waals surface area contributed by atoms with Gasteiger partial charge < -0.3 is 19.9 Å². The summed E-state index contributed by atoms with van der Waals surface area (Å²) in [4.78, 5) is 17.0. The highest BCUT2D eigenvalue weighted by Gasteiger charge is 2.28. The number of likely N-dealkylation sites (tertiary alicyclic amines) is 2. The van der Waals surface area contributed by atoms with Crippen LogP contribution in [0.1, 0.15) is 44.6 Å². The minimum atomic E-state index is 0.0613. The molecule has 2 amide bonds. The van der Waals surface area contributed by atoms with E-state index in [0.717, 1.165) is 50.3 Å². The summed E-state index contributed by atoms with van der Waals surface area (Å²) >= 11 is 0. The predicted octanol–water partition coefficient (Wildman–Crippen LogP) is 3.25. The molecule has 5 nitrogen and oxygen atoms in total. The fraction of sp³-hybridized carbons (Fsp3) is 0.650. The van der Waals surface area contributed by atoms with Crippen molar-refractivity contribution in [3.05, 3.63) is 29.8 Å². The van der Waals surface area contributed by atoms with E-state index < -0.39 is 0 Å². The minimum absolute atomic E-state index is 0.0613. The van der Waals surface area contributed by atoms with E-state index in [0.29, 0.717) is 12.6 Å². The summed E-state index contributed by atoms with van der Waals surface area (Å²) in [7, 11) is 0. The maximum atomic E-state index is 12.4. The van der Waals surface area contributed by atoms with Gasteiger partial charge in [-0.15, -0.1) is 0 Å². The van der Waals surface area contributed by atoms with Gasteiger partial charge >= 0.3 is 6.03 Å². The number of urea groups is 1. The van der Waals surface area contributed by atoms with Gasteiger partial charge in [0.25, 0.3) is 0 Å². The molecule has 25 heavy (non-hydrogen) atoms. The van der Waals surface area contributed by atoms with Gasteiger partial charge in [0.15, 0.2) is 0 Å². The highest BCUT2D eigenvalue weighted by molar-refractivity contribution is 5.74. The van der Waals surface area contributed by atoms with Gasteiger partial charge in [0, 0.05) is 25.7 Å². The number of rotatable bonds is 6. The van der Waals surface area contributed by atoms with Crippen molar-refractivity contribution in [2.24, 2.45) is 0 Å². The molecule has 0 radical (unpaired) electrons. The largest absolute Gasteiger partial charge is 0.494 e. The molecule has 2 fully saturated rings. The average Bonchev–Trinajstić information content (AvgIpc) is 3.20. The summed E-state index contributed by atoms with van der Waals surface area (Å²) in [6.07, 6.45) is 5.89. The Morgan fingerprint density at radius 2 is 1.80 bits per heavy atom. The number of ether oxygens (including phenoxy) is 1. The summed E-state index contributed by atoms with van der Waals surface area (Å²) in [6.45, 7) is 7.64. The van der Waals surface area contributed by atoms with Crippen LogP contribution in [0.25, 0.3) is 0 Å². The first kappa shape index (κ1) is 18.1. The van der Waals surface area contributed by atoms with Crippen molar-refractivity contribution in [1.82, 2.24) is 15.1 Å². The van der Waals surface area contributed by atoms with E-state index in [1.54, 1.807) is 0 Å². The molecule has 0 bridgehead atoms. The average molecular weight is 345 g/mol. The van der Waals surface area contributed by atoms with Crippen molar-refractivity contribution in [3.8, 4) is 5.75 Å². The molecule has 138 valence electrons. The molecule has 1 N–H and O–H groups in total. The molecule has 2 aliphatic heterocycles. The van der Waals surface area contributed by atoms with Gasteiger partial charge in [0.1, 0.15) is 5.75 Å². The summed E-state index contributed by atoms with van der Waals surface area (Å²) < 4.78 is 5.58. The molecule has 3 rings (SSSR count). The second kappa shape index (κ2) is 9.09. The van der Waals surface area contributed by atoms with Crippen molar-refractivity contribution in [3.63, 3.8) is 0 Å². The Kier molecular flexibility index (Phi) is 6.56. The lowest BCUT2D eigenvalue weighted by molar-refractivity contribution is 0.134. The molecule has 2 saturated heterocycles. The number of nitrogens with one attached hydrogen (secondary N) is 1. The van der Waals surface area contributed by atoms with Gasteiger partial charge in [-0.25, -0.2) is 4.79 Å². The fourth-order valence-corrected chi connectivity index (χ4v) is 3.75. The van der Waals surface area contributed by atoms with E-state index in [4.69, 9.17) is 4.74 Å². The molecule has 5 heteroatoms. The first-order valence-corrected chi connectivity index (χ1v) is 9.75. The topological polar surface area (TPSA) is 44.8 Å². The molecule has 0 aromatic heterocycles. The zero-order chi connectivity index (χ0) is 17.5. The van der Waals surface area contributed by atoms with Gasteiger partial charge in [0.05, 0.1) is 6.61 Å². The fourth-order valence-electron chi connectivity index (χ4n) is 3.75. The first-order valence-electron chi connectivity index (χ1n) is 9.75. The van der Waals surface area contributed by atoms with Crippen LogP contribution in [0.2, 0.25) is 0 Å². The first-order chi connectivity index (χ1) is 12.3. The van der Waals surface area contributed by atoms with Crippen molar-refractivity contribution >= 4 is 6.03 Å². The lowest BCUT2D eigenvalue weighted by Gasteiger charge is -2.36. The number of carbonyl (C=O) groups is 1. The molecule has 1 aromatic carbocycles. The summed E-state index contributed by atoms with van der Waals surface area (Å²) in [5.74, 6) is 0.890. The maximum Gasteiger partial charge on any atom is 0.317 e. The second-order valence-corrected chi connectivity index (χ2v) is 7.11. The van der Waals surface area contributed by atoms with E-state index in [9.17, 15) is 4.79 Å². The van der Waals surface area contributed by atoms with Crippen LogP contribution in [0, 0.1) is 0 Å². The lowest BCUT2D eigenvalue weighted by atomic mass is 10.0. The quantitative estimate of drug-likeness (QED) is 0.861. The third-order valence-corrected chi connectivity index (χ3v) is 5.25. The molecule has 0 unspecified atom stereocenters. The zero-order valence-corrected chi connectivity index (χ0v) is 15.4. The van der Waals surface area contributed by atoms with Crippen LogP contribution in [0.15, 0.2) is 24.3 Å². The second-order valence-electron chi connectivity index (χ2n) is 7.11. The molecule has 2 aliphatic rings. The van der Waals surface area contributed by atoms with Gasteiger partial charge in [-0.1, -0.05) is 19.1 Å². The van der Waals surface area contributed by atoms with Crippen LogP contribution in [-0.4, -0.2) is 54.7 Å². The Hall–Kier alpha value is -1.75. The van der Waals surface area contributed by atoms with Crippen LogP contribution in [0.4, 0.5) is 4.79 Å². The molecule has 0 saturated carbocycles. The molecule has 2 heterocycles. The smallest absolute Gasteiger partial charge is 0.317 e. The number of hydrogen-bond acceptors (Lipinski definition) is 3. The van der Waals surface area contributed by atoms with E-state index in [1.165, 1.54) is 25.9 Å². The zero-order valence-electron chi connectivity index (χ0n) is 15.4. The third kappa shape index (κ3) is 5.11. The summed E-state index contributed by atoms with van der Waals surface area (Å²) in [5, 5.41) is 3.05. The molecule has 0 aliphatic carbocycles. The molecular weight excluding hydrogens is 314 g/mol. The Balaban J connectivity index is 1.39. The number of benzene rings is 1. The molecular formula is C20H31N3O2. The lowest BCUT2D eigenvalue weighted by Crippen LogP contribution is -2.48. The van der Waals surface area contributed by atoms with Crippen LogP contribution in [0.3, 0.4) is 0 Å². The normalized spacial score (nSPS) is 19.2. The van der Waals surface area contributed by atoms with Crippen LogP contribution in [-0.2, 0) is 6.54 Å². The Bertz CT molecular complexity index is 532.